The van der Waals surface area contributed by atoms with Crippen LogP contribution in [0.1, 0.15) is 19.5 Å². The molecule has 2 aromatic heterocycles. The third-order valence-electron chi connectivity index (χ3n) is 5.91. The highest BCUT2D eigenvalue weighted by Gasteiger charge is 2.55. The lowest BCUT2D eigenvalue weighted by Crippen LogP contribution is -2.71. The molecule has 222 valence electrons. The van der Waals surface area contributed by atoms with E-state index in [0.717, 1.165) is 16.2 Å². The SMILES string of the molecule is CC(=O)Nc1cc[n+](CC2=C(C(=O)O)N3C(=O)[C@@H](NC(=O)C(=NO[C@@H](C)C(=O)O)c4nc(N)sc4Cl)C3SC2)cc1O. The van der Waals surface area contributed by atoms with Crippen LogP contribution in [0.4, 0.5) is 10.8 Å². The summed E-state index contributed by atoms with van der Waals surface area (Å²) >= 11 is 8.15. The topological polar surface area (TPSA) is 238 Å². The van der Waals surface area contributed by atoms with Crippen LogP contribution in [-0.4, -0.2) is 83.8 Å². The van der Waals surface area contributed by atoms with Crippen LogP contribution < -0.4 is 20.9 Å². The Morgan fingerprint density at radius 3 is 2.64 bits per heavy atom. The number of carbonyl (C=O) groups excluding carboxylic acids is 3. The van der Waals surface area contributed by atoms with E-state index in [-0.39, 0.29) is 50.5 Å². The molecule has 4 heterocycles. The molecule has 0 saturated carbocycles. The number of pyridine rings is 1. The number of hydrogen-bond acceptors (Lipinski definition) is 12. The predicted molar refractivity (Wildman–Crippen MR) is 149 cm³/mol. The van der Waals surface area contributed by atoms with Crippen molar-refractivity contribution in [1.82, 2.24) is 15.2 Å². The number of aromatic hydroxyl groups is 1. The van der Waals surface area contributed by atoms with Crippen LogP contribution >= 0.6 is 34.7 Å². The average molecular weight is 641 g/mol. The first-order valence-corrected chi connectivity index (χ1v) is 14.1. The molecule has 1 fully saturated rings. The zero-order valence-corrected chi connectivity index (χ0v) is 24.1. The van der Waals surface area contributed by atoms with E-state index < -0.39 is 47.0 Å². The van der Waals surface area contributed by atoms with Crippen molar-refractivity contribution >= 4 is 80.9 Å². The minimum atomic E-state index is -1.43. The second-order valence-electron chi connectivity index (χ2n) is 8.92. The van der Waals surface area contributed by atoms with Gasteiger partial charge >= 0.3 is 11.9 Å². The summed E-state index contributed by atoms with van der Waals surface area (Å²) in [5.41, 5.74) is 5.21. The van der Waals surface area contributed by atoms with Crippen molar-refractivity contribution in [3.05, 3.63) is 39.8 Å². The molecule has 1 unspecified atom stereocenters. The van der Waals surface area contributed by atoms with Gasteiger partial charge in [0.15, 0.2) is 23.6 Å². The van der Waals surface area contributed by atoms with Crippen LogP contribution in [0.25, 0.3) is 0 Å². The van der Waals surface area contributed by atoms with Gasteiger partial charge in [0.05, 0.1) is 5.69 Å². The number of carbonyl (C=O) groups is 5. The molecule has 0 radical (unpaired) electrons. The molecule has 0 aromatic carbocycles. The molecule has 0 bridgehead atoms. The van der Waals surface area contributed by atoms with Gasteiger partial charge in [0.25, 0.3) is 11.8 Å². The minimum absolute atomic E-state index is 0.00442. The maximum Gasteiger partial charge on any atom is 0.352 e. The van der Waals surface area contributed by atoms with E-state index in [1.165, 1.54) is 48.6 Å². The molecular weight excluding hydrogens is 618 g/mol. The molecule has 3 amide bonds. The monoisotopic (exact) mass is 640 g/mol. The van der Waals surface area contributed by atoms with Gasteiger partial charge in [-0.1, -0.05) is 28.1 Å². The van der Waals surface area contributed by atoms with E-state index in [4.69, 9.17) is 27.3 Å². The van der Waals surface area contributed by atoms with E-state index in [2.05, 4.69) is 20.8 Å². The molecule has 2 aromatic rings. The van der Waals surface area contributed by atoms with Crippen molar-refractivity contribution in [2.24, 2.45) is 5.16 Å². The van der Waals surface area contributed by atoms with Crippen molar-refractivity contribution in [3.63, 3.8) is 0 Å². The molecule has 3 atom stereocenters. The second-order valence-corrected chi connectivity index (χ2v) is 11.7. The number of amides is 3. The lowest BCUT2D eigenvalue weighted by molar-refractivity contribution is -0.689. The van der Waals surface area contributed by atoms with Crippen molar-refractivity contribution in [3.8, 4) is 5.75 Å². The summed E-state index contributed by atoms with van der Waals surface area (Å²) in [4.78, 5) is 70.8. The summed E-state index contributed by atoms with van der Waals surface area (Å²) in [6.45, 7) is 2.47. The smallest absolute Gasteiger partial charge is 0.352 e. The van der Waals surface area contributed by atoms with Crippen LogP contribution in [0, 0.1) is 0 Å². The fourth-order valence-electron chi connectivity index (χ4n) is 3.99. The molecular formula is C23H23ClN7O9S2+. The first-order chi connectivity index (χ1) is 19.8. The summed E-state index contributed by atoms with van der Waals surface area (Å²) in [6, 6.07) is 0.281. The van der Waals surface area contributed by atoms with Gasteiger partial charge in [-0.05, 0) is 6.92 Å². The van der Waals surface area contributed by atoms with Crippen LogP contribution in [0.15, 0.2) is 34.9 Å². The zero-order valence-electron chi connectivity index (χ0n) is 21.7. The third-order valence-corrected chi connectivity index (χ3v) is 8.33. The number of aliphatic carboxylic acids is 2. The number of thiazole rings is 1. The Morgan fingerprint density at radius 1 is 1.36 bits per heavy atom. The Bertz CT molecular complexity index is 1560. The van der Waals surface area contributed by atoms with Crippen LogP contribution in [0.3, 0.4) is 0 Å². The van der Waals surface area contributed by atoms with E-state index in [9.17, 15) is 34.2 Å². The van der Waals surface area contributed by atoms with Crippen molar-refractivity contribution in [2.75, 3.05) is 16.8 Å². The molecule has 42 heavy (non-hydrogen) atoms. The maximum atomic E-state index is 13.2. The standard InChI is InChI=1S/C23H22ClN7O9S2/c1-8(21(36)37)40-29-14(13-17(24)42-23(25)28-13)18(34)27-15-19(35)31-16(22(38)39)10(7-41-20(15)31)5-30-4-3-11(12(33)6-30)26-9(2)32/h3-4,6,8,15,20H,5,7H2,1-2H3,(H6,25,27,28,33,34,36,37,38,39)/p+1/t8-,15+,20?/m0/s1. The van der Waals surface area contributed by atoms with Gasteiger partial charge in [-0.25, -0.2) is 14.6 Å². The molecule has 0 aliphatic carbocycles. The van der Waals surface area contributed by atoms with Gasteiger partial charge in [0.1, 0.15) is 27.1 Å². The first-order valence-electron chi connectivity index (χ1n) is 11.9. The van der Waals surface area contributed by atoms with Crippen molar-refractivity contribution in [1.29, 1.82) is 0 Å². The zero-order chi connectivity index (χ0) is 30.9. The number of nitrogen functional groups attached to an aromatic ring is 1. The number of nitrogens with two attached hydrogens (primary N) is 1. The number of fused-ring (bicyclic) bond motifs is 1. The van der Waals surface area contributed by atoms with Gasteiger partial charge in [0, 0.05) is 24.3 Å². The Hall–Kier alpha value is -4.42. The molecule has 7 N–H and O–H groups in total. The molecule has 1 saturated heterocycles. The number of β-lactam (4-membered cyclic amide) rings is 1. The predicted octanol–water partition coefficient (Wildman–Crippen LogP) is -0.0372. The molecule has 2 aliphatic heterocycles. The lowest BCUT2D eigenvalue weighted by atomic mass is 10.0. The van der Waals surface area contributed by atoms with Crippen LogP contribution in [-0.2, 0) is 35.4 Å². The number of anilines is 2. The molecule has 0 spiro atoms. The number of carboxylic acid groups (broad SMARTS) is 2. The third kappa shape index (κ3) is 6.24. The van der Waals surface area contributed by atoms with E-state index >= 15 is 0 Å². The van der Waals surface area contributed by atoms with E-state index in [1.807, 2.05) is 0 Å². The van der Waals surface area contributed by atoms with Crippen molar-refractivity contribution < 1.29 is 48.7 Å². The molecule has 19 heteroatoms. The second kappa shape index (κ2) is 12.2. The number of nitrogens with zero attached hydrogens (tertiary/aromatic N) is 4. The maximum absolute atomic E-state index is 13.2. The quantitative estimate of drug-likeness (QED) is 0.0868. The first kappa shape index (κ1) is 30.5. The summed E-state index contributed by atoms with van der Waals surface area (Å²) in [6.07, 6.45) is 1.40. The number of carboxylic acids is 2. The van der Waals surface area contributed by atoms with Gasteiger partial charge in [-0.2, -0.15) is 4.57 Å². The number of aromatic nitrogens is 2. The Balaban J connectivity index is 1.55. The number of oxime groups is 1. The number of thioether (sulfide) groups is 1. The number of halogens is 1. The fraction of sp³-hybridized carbons (Fsp3) is 0.304. The largest absolute Gasteiger partial charge is 0.501 e. The highest BCUT2D eigenvalue weighted by molar-refractivity contribution is 8.00. The average Bonchev–Trinajstić information content (AvgIpc) is 3.25. The van der Waals surface area contributed by atoms with Gasteiger partial charge in [-0.3, -0.25) is 19.3 Å². The summed E-state index contributed by atoms with van der Waals surface area (Å²) in [5, 5.41) is 37.0. The normalized spacial score (nSPS) is 19.0. The Morgan fingerprint density at radius 2 is 2.07 bits per heavy atom. The molecule has 16 nitrogen and oxygen atoms in total. The van der Waals surface area contributed by atoms with Gasteiger partial charge in [0.2, 0.25) is 24.0 Å². The van der Waals surface area contributed by atoms with E-state index in [1.54, 1.807) is 0 Å². The molecule has 4 rings (SSSR count). The van der Waals surface area contributed by atoms with Crippen LogP contribution in [0.2, 0.25) is 4.34 Å². The Kier molecular flexibility index (Phi) is 8.88. The number of nitrogens with one attached hydrogen (secondary N) is 2. The minimum Gasteiger partial charge on any atom is -0.501 e. The highest BCUT2D eigenvalue weighted by Crippen LogP contribution is 2.40. The summed E-state index contributed by atoms with van der Waals surface area (Å²) in [5.74, 6) is -4.87. The number of rotatable bonds is 10. The highest BCUT2D eigenvalue weighted by atomic mass is 35.5. The fourth-order valence-corrected chi connectivity index (χ4v) is 6.25. The Labute approximate surface area is 249 Å². The van der Waals surface area contributed by atoms with Crippen LogP contribution in [0.5, 0.6) is 5.75 Å². The summed E-state index contributed by atoms with van der Waals surface area (Å²) < 4.78 is 1.46. The van der Waals surface area contributed by atoms with Crippen molar-refractivity contribution in [2.45, 2.75) is 37.9 Å². The summed E-state index contributed by atoms with van der Waals surface area (Å²) in [7, 11) is 0. The van der Waals surface area contributed by atoms with Gasteiger partial charge < -0.3 is 36.5 Å². The number of hydrogen-bond donors (Lipinski definition) is 6. The molecule has 2 aliphatic rings. The van der Waals surface area contributed by atoms with E-state index in [0.29, 0.717) is 5.57 Å². The lowest BCUT2D eigenvalue weighted by Gasteiger charge is -2.49. The van der Waals surface area contributed by atoms with Gasteiger partial charge in [-0.15, -0.1) is 11.8 Å².